The standard InChI is InChI=1S/C18H28N2O3/c1-2-13-7-5-6-11-19(13)16(21)10-12-20-17(22)14-8-3-4-9-15(14)18(20)23/h13-15H,2-12H2,1H3/t13-,14-,15-/m1/s1. The molecular formula is C18H28N2O3. The number of carbonyl (C=O) groups excluding carboxylic acids is 3. The minimum atomic E-state index is -0.107. The summed E-state index contributed by atoms with van der Waals surface area (Å²) in [5, 5.41) is 0. The molecular weight excluding hydrogens is 292 g/mol. The SMILES string of the molecule is CC[C@@H]1CCCCN1C(=O)CCN1C(=O)[C@@H]2CCCC[C@H]2C1=O. The lowest BCUT2D eigenvalue weighted by molar-refractivity contribution is -0.141. The third kappa shape index (κ3) is 3.15. The molecule has 3 rings (SSSR count). The third-order valence-electron chi connectivity index (χ3n) is 5.90. The number of hydrogen-bond acceptors (Lipinski definition) is 3. The molecule has 2 aliphatic heterocycles. The highest BCUT2D eigenvalue weighted by molar-refractivity contribution is 6.05. The van der Waals surface area contributed by atoms with Gasteiger partial charge in [0.1, 0.15) is 0 Å². The molecule has 1 aliphatic carbocycles. The Bertz CT molecular complexity index is 467. The minimum Gasteiger partial charge on any atom is -0.340 e. The molecule has 0 unspecified atom stereocenters. The first-order valence-electron chi connectivity index (χ1n) is 9.28. The number of likely N-dealkylation sites (tertiary alicyclic amines) is 2. The lowest BCUT2D eigenvalue weighted by Crippen LogP contribution is -2.45. The van der Waals surface area contributed by atoms with E-state index in [2.05, 4.69) is 6.92 Å². The lowest BCUT2D eigenvalue weighted by atomic mass is 9.81. The van der Waals surface area contributed by atoms with Crippen molar-refractivity contribution in [2.45, 2.75) is 70.8 Å². The maximum absolute atomic E-state index is 12.5. The van der Waals surface area contributed by atoms with Crippen LogP contribution in [0.25, 0.3) is 0 Å². The Morgan fingerprint density at radius 1 is 1.00 bits per heavy atom. The van der Waals surface area contributed by atoms with Gasteiger partial charge in [0.25, 0.3) is 0 Å². The zero-order valence-electron chi connectivity index (χ0n) is 14.1. The van der Waals surface area contributed by atoms with Crippen molar-refractivity contribution in [1.29, 1.82) is 0 Å². The molecule has 0 spiro atoms. The molecule has 3 amide bonds. The lowest BCUT2D eigenvalue weighted by Gasteiger charge is -2.35. The zero-order chi connectivity index (χ0) is 16.4. The Kier molecular flexibility index (Phi) is 5.02. The van der Waals surface area contributed by atoms with Crippen LogP contribution in [0.5, 0.6) is 0 Å². The summed E-state index contributed by atoms with van der Waals surface area (Å²) in [6.07, 6.45) is 8.35. The van der Waals surface area contributed by atoms with Crippen molar-refractivity contribution in [3.8, 4) is 0 Å². The van der Waals surface area contributed by atoms with Crippen molar-refractivity contribution in [3.05, 3.63) is 0 Å². The number of nitrogens with zero attached hydrogens (tertiary/aromatic N) is 2. The van der Waals surface area contributed by atoms with Crippen LogP contribution in [0.3, 0.4) is 0 Å². The van der Waals surface area contributed by atoms with Gasteiger partial charge in [-0.05, 0) is 38.5 Å². The molecule has 3 aliphatic rings. The van der Waals surface area contributed by atoms with Crippen molar-refractivity contribution >= 4 is 17.7 Å². The largest absolute Gasteiger partial charge is 0.340 e. The number of rotatable bonds is 4. The highest BCUT2D eigenvalue weighted by Crippen LogP contribution is 2.38. The molecule has 128 valence electrons. The van der Waals surface area contributed by atoms with Crippen molar-refractivity contribution in [2.75, 3.05) is 13.1 Å². The summed E-state index contributed by atoms with van der Waals surface area (Å²) in [6.45, 7) is 3.22. The van der Waals surface area contributed by atoms with Crippen molar-refractivity contribution < 1.29 is 14.4 Å². The normalized spacial score (nSPS) is 31.4. The first kappa shape index (κ1) is 16.5. The number of imide groups is 1. The van der Waals surface area contributed by atoms with Gasteiger partial charge in [0.15, 0.2) is 0 Å². The summed E-state index contributed by atoms with van der Waals surface area (Å²) in [4.78, 5) is 40.8. The Morgan fingerprint density at radius 2 is 1.61 bits per heavy atom. The molecule has 0 radical (unpaired) electrons. The molecule has 0 aromatic heterocycles. The predicted octanol–water partition coefficient (Wildman–Crippen LogP) is 2.34. The van der Waals surface area contributed by atoms with E-state index >= 15 is 0 Å². The van der Waals surface area contributed by atoms with E-state index in [1.165, 1.54) is 11.3 Å². The van der Waals surface area contributed by atoms with E-state index in [0.717, 1.165) is 51.5 Å². The summed E-state index contributed by atoms with van der Waals surface area (Å²) in [7, 11) is 0. The van der Waals surface area contributed by atoms with Gasteiger partial charge in [-0.25, -0.2) is 0 Å². The van der Waals surface area contributed by atoms with Crippen molar-refractivity contribution in [3.63, 3.8) is 0 Å². The van der Waals surface area contributed by atoms with Gasteiger partial charge in [0, 0.05) is 25.6 Å². The van der Waals surface area contributed by atoms with Crippen LogP contribution in [0.4, 0.5) is 0 Å². The molecule has 1 saturated carbocycles. The van der Waals surface area contributed by atoms with Crippen LogP contribution in [0.2, 0.25) is 0 Å². The van der Waals surface area contributed by atoms with E-state index in [1.807, 2.05) is 4.90 Å². The Hall–Kier alpha value is -1.39. The Balaban J connectivity index is 1.58. The average molecular weight is 320 g/mol. The molecule has 5 heteroatoms. The van der Waals surface area contributed by atoms with E-state index in [0.29, 0.717) is 6.04 Å². The molecule has 0 N–H and O–H groups in total. The highest BCUT2D eigenvalue weighted by Gasteiger charge is 2.47. The summed E-state index contributed by atoms with van der Waals surface area (Å²) in [6, 6.07) is 0.337. The van der Waals surface area contributed by atoms with Crippen LogP contribution < -0.4 is 0 Å². The third-order valence-corrected chi connectivity index (χ3v) is 5.90. The summed E-state index contributed by atoms with van der Waals surface area (Å²) < 4.78 is 0. The molecule has 2 heterocycles. The number of hydrogen-bond donors (Lipinski definition) is 0. The maximum atomic E-state index is 12.5. The summed E-state index contributed by atoms with van der Waals surface area (Å²) in [5.74, 6) is -0.169. The van der Waals surface area contributed by atoms with E-state index in [9.17, 15) is 14.4 Å². The topological polar surface area (TPSA) is 57.7 Å². The van der Waals surface area contributed by atoms with E-state index in [1.54, 1.807) is 0 Å². The maximum Gasteiger partial charge on any atom is 0.233 e. The van der Waals surface area contributed by atoms with Crippen LogP contribution in [-0.4, -0.2) is 46.7 Å². The summed E-state index contributed by atoms with van der Waals surface area (Å²) in [5.41, 5.74) is 0. The molecule has 3 fully saturated rings. The Morgan fingerprint density at radius 3 is 2.22 bits per heavy atom. The first-order valence-corrected chi connectivity index (χ1v) is 9.28. The van der Waals surface area contributed by atoms with Gasteiger partial charge in [0.2, 0.25) is 17.7 Å². The Labute approximate surface area is 138 Å². The quantitative estimate of drug-likeness (QED) is 0.747. The van der Waals surface area contributed by atoms with Gasteiger partial charge in [-0.2, -0.15) is 0 Å². The van der Waals surface area contributed by atoms with Gasteiger partial charge in [-0.15, -0.1) is 0 Å². The molecule has 5 nitrogen and oxygen atoms in total. The number of piperidine rings is 1. The van der Waals surface area contributed by atoms with E-state index < -0.39 is 0 Å². The average Bonchev–Trinajstić information content (AvgIpc) is 2.84. The van der Waals surface area contributed by atoms with Gasteiger partial charge < -0.3 is 4.90 Å². The first-order chi connectivity index (χ1) is 11.1. The van der Waals surface area contributed by atoms with Gasteiger partial charge >= 0.3 is 0 Å². The van der Waals surface area contributed by atoms with Crippen molar-refractivity contribution in [2.24, 2.45) is 11.8 Å². The molecule has 23 heavy (non-hydrogen) atoms. The van der Waals surface area contributed by atoms with Crippen LogP contribution in [0, 0.1) is 11.8 Å². The molecule has 0 aromatic carbocycles. The smallest absolute Gasteiger partial charge is 0.233 e. The minimum absolute atomic E-state index is 0.0295. The van der Waals surface area contributed by atoms with Crippen LogP contribution in [0.1, 0.15) is 64.7 Å². The second-order valence-corrected chi connectivity index (χ2v) is 7.22. The van der Waals surface area contributed by atoms with Crippen molar-refractivity contribution in [1.82, 2.24) is 9.80 Å². The second kappa shape index (κ2) is 7.02. The van der Waals surface area contributed by atoms with Crippen LogP contribution >= 0.6 is 0 Å². The number of carbonyl (C=O) groups is 3. The monoisotopic (exact) mass is 320 g/mol. The summed E-state index contributed by atoms with van der Waals surface area (Å²) >= 11 is 0. The zero-order valence-corrected chi connectivity index (χ0v) is 14.1. The van der Waals surface area contributed by atoms with Crippen LogP contribution in [-0.2, 0) is 14.4 Å². The predicted molar refractivity (Wildman–Crippen MR) is 86.4 cm³/mol. The second-order valence-electron chi connectivity index (χ2n) is 7.22. The number of fused-ring (bicyclic) bond motifs is 1. The van der Waals surface area contributed by atoms with Crippen LogP contribution in [0.15, 0.2) is 0 Å². The molecule has 0 bridgehead atoms. The van der Waals surface area contributed by atoms with E-state index in [-0.39, 0.29) is 42.5 Å². The molecule has 3 atom stereocenters. The van der Waals surface area contributed by atoms with Gasteiger partial charge in [-0.3, -0.25) is 19.3 Å². The highest BCUT2D eigenvalue weighted by atomic mass is 16.2. The molecule has 2 saturated heterocycles. The number of amides is 3. The molecule has 0 aromatic rings. The van der Waals surface area contributed by atoms with Gasteiger partial charge in [0.05, 0.1) is 11.8 Å². The fraction of sp³-hybridized carbons (Fsp3) is 0.833. The fourth-order valence-corrected chi connectivity index (χ4v) is 4.56. The van der Waals surface area contributed by atoms with E-state index in [4.69, 9.17) is 0 Å². The fourth-order valence-electron chi connectivity index (χ4n) is 4.56. The van der Waals surface area contributed by atoms with Gasteiger partial charge in [-0.1, -0.05) is 19.8 Å².